The summed E-state index contributed by atoms with van der Waals surface area (Å²) in [6, 6.07) is 12.3. The average Bonchev–Trinajstić information content (AvgIpc) is 2.62. The zero-order valence-corrected chi connectivity index (χ0v) is 16.7. The molecule has 0 amide bonds. The maximum absolute atomic E-state index is 14.2. The fraction of sp³-hybridized carbons (Fsp3) is 0.316. The summed E-state index contributed by atoms with van der Waals surface area (Å²) in [5, 5.41) is 7.25. The minimum Gasteiger partial charge on any atom is -0.497 e. The Kier molecular flexibility index (Phi) is 7.63. The largest absolute Gasteiger partial charge is 0.497 e. The van der Waals surface area contributed by atoms with Crippen molar-refractivity contribution in [3.8, 4) is 5.75 Å². The number of methoxy groups -OCH3 is 1. The van der Waals surface area contributed by atoms with Gasteiger partial charge >= 0.3 is 0 Å². The highest BCUT2D eigenvalue weighted by molar-refractivity contribution is 7.80. The van der Waals surface area contributed by atoms with E-state index in [0.29, 0.717) is 28.8 Å². The fourth-order valence-electron chi connectivity index (χ4n) is 2.62. The fourth-order valence-corrected chi connectivity index (χ4v) is 3.07. The lowest BCUT2D eigenvalue weighted by atomic mass is 10.1. The zero-order valence-electron chi connectivity index (χ0n) is 15.1. The summed E-state index contributed by atoms with van der Waals surface area (Å²) in [6.45, 7) is 1.06. The molecule has 0 aromatic heterocycles. The minimum atomic E-state index is -0.303. The van der Waals surface area contributed by atoms with Crippen molar-refractivity contribution in [1.29, 1.82) is 0 Å². The summed E-state index contributed by atoms with van der Waals surface area (Å²) < 4.78 is 19.4. The van der Waals surface area contributed by atoms with Gasteiger partial charge in [-0.05, 0) is 42.0 Å². The second-order valence-electron chi connectivity index (χ2n) is 6.18. The molecule has 2 aromatic carbocycles. The summed E-state index contributed by atoms with van der Waals surface area (Å²) >= 11 is 11.5. The van der Waals surface area contributed by atoms with E-state index in [4.69, 9.17) is 28.6 Å². The van der Waals surface area contributed by atoms with Gasteiger partial charge in [-0.1, -0.05) is 29.8 Å². The number of ether oxygens (including phenoxy) is 1. The van der Waals surface area contributed by atoms with Gasteiger partial charge < -0.3 is 20.3 Å². The van der Waals surface area contributed by atoms with E-state index >= 15 is 0 Å². The van der Waals surface area contributed by atoms with Crippen LogP contribution in [0.25, 0.3) is 0 Å². The maximum atomic E-state index is 14.2. The van der Waals surface area contributed by atoms with Crippen molar-refractivity contribution in [1.82, 2.24) is 10.6 Å². The summed E-state index contributed by atoms with van der Waals surface area (Å²) in [7, 11) is 5.56. The molecule has 0 saturated heterocycles. The Morgan fingerprint density at radius 1 is 1.19 bits per heavy atom. The van der Waals surface area contributed by atoms with E-state index in [0.717, 1.165) is 16.2 Å². The van der Waals surface area contributed by atoms with Crippen LogP contribution in [-0.4, -0.2) is 32.9 Å². The van der Waals surface area contributed by atoms with Crippen LogP contribution in [0.15, 0.2) is 42.5 Å². The lowest BCUT2D eigenvalue weighted by Gasteiger charge is -2.24. The molecule has 7 heteroatoms. The number of quaternary nitrogens is 1. The number of hydrogen-bond acceptors (Lipinski definition) is 2. The normalized spacial score (nSPS) is 11.9. The molecule has 0 aliphatic heterocycles. The number of halogens is 2. The highest BCUT2D eigenvalue weighted by Crippen LogP contribution is 2.23. The van der Waals surface area contributed by atoms with Crippen LogP contribution in [0.4, 0.5) is 4.39 Å². The topological polar surface area (TPSA) is 37.7 Å². The van der Waals surface area contributed by atoms with Crippen LogP contribution in [0.3, 0.4) is 0 Å². The second-order valence-corrected chi connectivity index (χ2v) is 6.99. The highest BCUT2D eigenvalue weighted by atomic mass is 35.5. The van der Waals surface area contributed by atoms with Crippen LogP contribution >= 0.6 is 23.8 Å². The molecule has 0 aliphatic rings. The maximum Gasteiger partial charge on any atom is 0.166 e. The minimum absolute atomic E-state index is 0.163. The quantitative estimate of drug-likeness (QED) is 0.628. The first kappa shape index (κ1) is 20.4. The molecule has 0 aliphatic carbocycles. The second kappa shape index (κ2) is 9.71. The van der Waals surface area contributed by atoms with E-state index in [1.807, 2.05) is 38.4 Å². The molecule has 1 atom stereocenters. The van der Waals surface area contributed by atoms with Crippen molar-refractivity contribution in [3.05, 3.63) is 64.4 Å². The molecule has 3 N–H and O–H groups in total. The SMILES string of the molecule is COc1ccc(CNC(=S)NC[C@@H](c2c(F)cccc2Cl)[NH+](C)C)cc1. The van der Waals surface area contributed by atoms with Crippen LogP contribution in [-0.2, 0) is 6.54 Å². The van der Waals surface area contributed by atoms with Gasteiger partial charge in [0.1, 0.15) is 17.6 Å². The van der Waals surface area contributed by atoms with Gasteiger partial charge in [-0.15, -0.1) is 0 Å². The predicted molar refractivity (Wildman–Crippen MR) is 107 cm³/mol. The molecule has 140 valence electrons. The Hall–Kier alpha value is -1.89. The summed E-state index contributed by atoms with van der Waals surface area (Å²) in [5.41, 5.74) is 1.58. The summed E-state index contributed by atoms with van der Waals surface area (Å²) in [6.07, 6.45) is 0. The van der Waals surface area contributed by atoms with Crippen LogP contribution in [0.1, 0.15) is 17.2 Å². The first-order valence-electron chi connectivity index (χ1n) is 8.31. The van der Waals surface area contributed by atoms with E-state index in [-0.39, 0.29) is 11.9 Å². The molecular weight excluding hydrogens is 373 g/mol. The van der Waals surface area contributed by atoms with E-state index in [9.17, 15) is 4.39 Å². The van der Waals surface area contributed by atoms with Gasteiger partial charge in [0, 0.05) is 6.54 Å². The van der Waals surface area contributed by atoms with E-state index in [2.05, 4.69) is 10.6 Å². The van der Waals surface area contributed by atoms with Crippen molar-refractivity contribution in [3.63, 3.8) is 0 Å². The Morgan fingerprint density at radius 3 is 2.46 bits per heavy atom. The Morgan fingerprint density at radius 2 is 1.88 bits per heavy atom. The number of thiocarbonyl (C=S) groups is 1. The standard InChI is InChI=1S/C19H23ClFN3OS/c1-24(2)17(18-15(20)5-4-6-16(18)21)12-23-19(26)22-11-13-7-9-14(25-3)10-8-13/h4-10,17H,11-12H2,1-3H3,(H2,22,23,26)/p+1/t17-/m0/s1. The van der Waals surface area contributed by atoms with Crippen molar-refractivity contribution in [2.45, 2.75) is 12.6 Å². The van der Waals surface area contributed by atoms with Crippen molar-refractivity contribution in [2.24, 2.45) is 0 Å². The van der Waals surface area contributed by atoms with Gasteiger partial charge in [-0.25, -0.2) is 4.39 Å². The molecule has 0 heterocycles. The van der Waals surface area contributed by atoms with Gasteiger partial charge in [0.05, 0.1) is 38.3 Å². The monoisotopic (exact) mass is 396 g/mol. The summed E-state index contributed by atoms with van der Waals surface area (Å²) in [4.78, 5) is 1.06. The number of hydrogen-bond donors (Lipinski definition) is 3. The van der Waals surface area contributed by atoms with E-state index in [1.165, 1.54) is 6.07 Å². The third kappa shape index (κ3) is 5.56. The third-order valence-electron chi connectivity index (χ3n) is 4.12. The Labute approximate surface area is 164 Å². The first-order valence-corrected chi connectivity index (χ1v) is 9.09. The van der Waals surface area contributed by atoms with Crippen LogP contribution in [0, 0.1) is 5.82 Å². The molecule has 0 fully saturated rings. The Balaban J connectivity index is 1.93. The van der Waals surface area contributed by atoms with E-state index < -0.39 is 0 Å². The van der Waals surface area contributed by atoms with Crippen LogP contribution < -0.4 is 20.3 Å². The van der Waals surface area contributed by atoms with Crippen molar-refractivity contribution in [2.75, 3.05) is 27.7 Å². The highest BCUT2D eigenvalue weighted by Gasteiger charge is 2.24. The van der Waals surface area contributed by atoms with Gasteiger partial charge in [0.25, 0.3) is 0 Å². The van der Waals surface area contributed by atoms with Crippen molar-refractivity contribution >= 4 is 28.9 Å². The van der Waals surface area contributed by atoms with E-state index in [1.54, 1.807) is 19.2 Å². The smallest absolute Gasteiger partial charge is 0.166 e. The number of rotatable bonds is 7. The Bertz CT molecular complexity index is 720. The van der Waals surface area contributed by atoms with Crippen molar-refractivity contribution < 1.29 is 14.0 Å². The number of benzene rings is 2. The molecular formula is C19H24ClFN3OS+. The van der Waals surface area contributed by atoms with Gasteiger partial charge in [-0.2, -0.15) is 0 Å². The number of likely N-dealkylation sites (N-methyl/N-ethyl adjacent to an activating group) is 1. The van der Waals surface area contributed by atoms with Crippen LogP contribution in [0.2, 0.25) is 5.02 Å². The number of nitrogens with one attached hydrogen (secondary N) is 3. The molecule has 26 heavy (non-hydrogen) atoms. The molecule has 2 aromatic rings. The molecule has 0 spiro atoms. The van der Waals surface area contributed by atoms with Gasteiger partial charge in [-0.3, -0.25) is 0 Å². The molecule has 0 saturated carbocycles. The molecule has 0 radical (unpaired) electrons. The summed E-state index contributed by atoms with van der Waals surface area (Å²) in [5.74, 6) is 0.510. The van der Waals surface area contributed by atoms with Gasteiger partial charge in [0.15, 0.2) is 5.11 Å². The van der Waals surface area contributed by atoms with Crippen LogP contribution in [0.5, 0.6) is 5.75 Å². The molecule has 4 nitrogen and oxygen atoms in total. The third-order valence-corrected chi connectivity index (χ3v) is 4.74. The lowest BCUT2D eigenvalue weighted by Crippen LogP contribution is -3.07. The molecule has 0 unspecified atom stereocenters. The molecule has 2 rings (SSSR count). The lowest BCUT2D eigenvalue weighted by molar-refractivity contribution is -0.890. The predicted octanol–water partition coefficient (Wildman–Crippen LogP) is 2.34. The average molecular weight is 397 g/mol. The molecule has 0 bridgehead atoms. The zero-order chi connectivity index (χ0) is 19.1. The van der Waals surface area contributed by atoms with Gasteiger partial charge in [0.2, 0.25) is 0 Å². The first-order chi connectivity index (χ1) is 12.4.